The Kier molecular flexibility index (Phi) is 5.00. The molecule has 0 aliphatic heterocycles. The van der Waals surface area contributed by atoms with E-state index in [1.165, 1.54) is 22.3 Å². The van der Waals surface area contributed by atoms with Gasteiger partial charge in [-0.2, -0.15) is 0 Å². The van der Waals surface area contributed by atoms with E-state index < -0.39 is 5.97 Å². The van der Waals surface area contributed by atoms with Crippen LogP contribution in [0.3, 0.4) is 0 Å². The Morgan fingerprint density at radius 2 is 1.96 bits per heavy atom. The first-order chi connectivity index (χ1) is 11.5. The van der Waals surface area contributed by atoms with Crippen molar-refractivity contribution in [2.24, 2.45) is 5.92 Å². The van der Waals surface area contributed by atoms with Crippen LogP contribution in [0.25, 0.3) is 0 Å². The van der Waals surface area contributed by atoms with Gasteiger partial charge in [0, 0.05) is 12.5 Å². The first-order valence-corrected chi connectivity index (χ1v) is 8.59. The van der Waals surface area contributed by atoms with E-state index in [1.807, 2.05) is 18.0 Å². The second kappa shape index (κ2) is 7.18. The van der Waals surface area contributed by atoms with Gasteiger partial charge in [-0.25, -0.2) is 0 Å². The summed E-state index contributed by atoms with van der Waals surface area (Å²) in [5.74, 6) is 0.0133. The summed E-state index contributed by atoms with van der Waals surface area (Å²) in [6.07, 6.45) is 2.17. The lowest BCUT2D eigenvalue weighted by Crippen LogP contribution is -2.35. The Bertz CT molecular complexity index is 711. The maximum absolute atomic E-state index is 11.0. The van der Waals surface area contributed by atoms with Crippen LogP contribution in [-0.2, 0) is 11.2 Å². The van der Waals surface area contributed by atoms with Crippen molar-refractivity contribution in [2.75, 3.05) is 20.1 Å². The standard InChI is InChI=1S/C21H25NO2/c1-15-8-11-19-17(12-15)9-10-18(13-22(2)14-20(23)24)21(19)16-6-4-3-5-7-16/h3-8,11-12,18,21H,9-10,13-14H2,1-2H3,(H,23,24). The minimum absolute atomic E-state index is 0.0960. The molecule has 2 atom stereocenters. The number of carboxylic acids is 1. The highest BCUT2D eigenvalue weighted by Crippen LogP contribution is 2.41. The van der Waals surface area contributed by atoms with Crippen molar-refractivity contribution in [3.8, 4) is 0 Å². The normalized spacial score (nSPS) is 20.0. The molecular formula is C21H25NO2. The summed E-state index contributed by atoms with van der Waals surface area (Å²) >= 11 is 0. The highest BCUT2D eigenvalue weighted by molar-refractivity contribution is 5.69. The zero-order valence-electron chi connectivity index (χ0n) is 14.4. The van der Waals surface area contributed by atoms with Crippen molar-refractivity contribution in [3.05, 3.63) is 70.8 Å². The number of nitrogens with zero attached hydrogens (tertiary/aromatic N) is 1. The number of hydrogen-bond donors (Lipinski definition) is 1. The minimum atomic E-state index is -0.763. The Morgan fingerprint density at radius 1 is 1.21 bits per heavy atom. The van der Waals surface area contributed by atoms with Gasteiger partial charge in [0.1, 0.15) is 0 Å². The predicted molar refractivity (Wildman–Crippen MR) is 96.4 cm³/mol. The number of benzene rings is 2. The summed E-state index contributed by atoms with van der Waals surface area (Å²) in [7, 11) is 1.90. The molecule has 2 unspecified atom stereocenters. The van der Waals surface area contributed by atoms with Crippen molar-refractivity contribution in [1.29, 1.82) is 0 Å². The number of carboxylic acid groups (broad SMARTS) is 1. The Labute approximate surface area is 143 Å². The summed E-state index contributed by atoms with van der Waals surface area (Å²) < 4.78 is 0. The molecule has 0 amide bonds. The SMILES string of the molecule is Cc1ccc2c(c1)CCC(CN(C)CC(=O)O)C2c1ccccc1. The van der Waals surface area contributed by atoms with Gasteiger partial charge in [0.15, 0.2) is 0 Å². The molecule has 0 radical (unpaired) electrons. The van der Waals surface area contributed by atoms with Gasteiger partial charge in [-0.3, -0.25) is 9.69 Å². The van der Waals surface area contributed by atoms with Crippen molar-refractivity contribution >= 4 is 5.97 Å². The zero-order valence-corrected chi connectivity index (χ0v) is 14.4. The smallest absolute Gasteiger partial charge is 0.317 e. The fourth-order valence-corrected chi connectivity index (χ4v) is 4.02. The molecule has 3 nitrogen and oxygen atoms in total. The first-order valence-electron chi connectivity index (χ1n) is 8.59. The highest BCUT2D eigenvalue weighted by atomic mass is 16.4. The summed E-state index contributed by atoms with van der Waals surface area (Å²) in [5, 5.41) is 9.04. The van der Waals surface area contributed by atoms with Gasteiger partial charge in [0.2, 0.25) is 0 Å². The third-order valence-corrected chi connectivity index (χ3v) is 5.00. The number of aryl methyl sites for hydroxylation is 2. The number of hydrogen-bond acceptors (Lipinski definition) is 2. The van der Waals surface area contributed by atoms with E-state index in [0.29, 0.717) is 11.8 Å². The van der Waals surface area contributed by atoms with Gasteiger partial charge in [-0.15, -0.1) is 0 Å². The second-order valence-corrected chi connectivity index (χ2v) is 6.98. The molecule has 0 heterocycles. The maximum atomic E-state index is 11.0. The van der Waals surface area contributed by atoms with Gasteiger partial charge < -0.3 is 5.11 Å². The van der Waals surface area contributed by atoms with Gasteiger partial charge >= 0.3 is 5.97 Å². The molecule has 1 N–H and O–H groups in total. The van der Waals surface area contributed by atoms with Crippen LogP contribution in [0.4, 0.5) is 0 Å². The molecule has 1 aliphatic rings. The van der Waals surface area contributed by atoms with Crippen LogP contribution >= 0.6 is 0 Å². The average molecular weight is 323 g/mol. The molecule has 0 aromatic heterocycles. The van der Waals surface area contributed by atoms with Crippen LogP contribution in [0.1, 0.15) is 34.6 Å². The number of carbonyl (C=O) groups is 1. The number of likely N-dealkylation sites (N-methyl/N-ethyl adjacent to an activating group) is 1. The summed E-state index contributed by atoms with van der Waals surface area (Å²) in [4.78, 5) is 12.9. The molecule has 0 spiro atoms. The lowest BCUT2D eigenvalue weighted by molar-refractivity contribution is -0.138. The van der Waals surface area contributed by atoms with Crippen LogP contribution < -0.4 is 0 Å². The number of aliphatic carboxylic acids is 1. The molecule has 3 rings (SSSR count). The van der Waals surface area contributed by atoms with Crippen molar-refractivity contribution in [1.82, 2.24) is 4.90 Å². The van der Waals surface area contributed by atoms with Gasteiger partial charge in [0.25, 0.3) is 0 Å². The Balaban J connectivity index is 1.94. The van der Waals surface area contributed by atoms with E-state index in [4.69, 9.17) is 5.11 Å². The fraction of sp³-hybridized carbons (Fsp3) is 0.381. The monoisotopic (exact) mass is 323 g/mol. The minimum Gasteiger partial charge on any atom is -0.480 e. The third kappa shape index (κ3) is 3.68. The highest BCUT2D eigenvalue weighted by Gasteiger charge is 2.31. The van der Waals surface area contributed by atoms with Gasteiger partial charge in [0.05, 0.1) is 6.54 Å². The summed E-state index contributed by atoms with van der Waals surface area (Å²) in [5.41, 5.74) is 5.49. The van der Waals surface area contributed by atoms with Crippen LogP contribution in [0, 0.1) is 12.8 Å². The van der Waals surface area contributed by atoms with E-state index in [0.717, 1.165) is 19.4 Å². The molecule has 126 valence electrons. The van der Waals surface area contributed by atoms with Crippen molar-refractivity contribution < 1.29 is 9.90 Å². The fourth-order valence-electron chi connectivity index (χ4n) is 4.02. The van der Waals surface area contributed by atoms with Crippen molar-refractivity contribution in [2.45, 2.75) is 25.7 Å². The molecule has 2 aromatic rings. The maximum Gasteiger partial charge on any atom is 0.317 e. The van der Waals surface area contributed by atoms with E-state index in [-0.39, 0.29) is 6.54 Å². The summed E-state index contributed by atoms with van der Waals surface area (Å²) in [6, 6.07) is 17.4. The molecule has 24 heavy (non-hydrogen) atoms. The average Bonchev–Trinajstić information content (AvgIpc) is 2.54. The van der Waals surface area contributed by atoms with Crippen LogP contribution in [0.5, 0.6) is 0 Å². The Morgan fingerprint density at radius 3 is 2.67 bits per heavy atom. The van der Waals surface area contributed by atoms with Crippen LogP contribution in [-0.4, -0.2) is 36.1 Å². The lowest BCUT2D eigenvalue weighted by atomic mass is 9.71. The molecule has 3 heteroatoms. The van der Waals surface area contributed by atoms with E-state index in [1.54, 1.807) is 0 Å². The van der Waals surface area contributed by atoms with Crippen molar-refractivity contribution in [3.63, 3.8) is 0 Å². The van der Waals surface area contributed by atoms with Gasteiger partial charge in [-0.05, 0) is 49.4 Å². The molecule has 0 fully saturated rings. The molecule has 2 aromatic carbocycles. The quantitative estimate of drug-likeness (QED) is 0.912. The topological polar surface area (TPSA) is 40.5 Å². The number of rotatable bonds is 5. The first kappa shape index (κ1) is 16.7. The molecule has 0 saturated heterocycles. The molecule has 0 saturated carbocycles. The van der Waals surface area contributed by atoms with E-state index >= 15 is 0 Å². The second-order valence-electron chi connectivity index (χ2n) is 6.98. The van der Waals surface area contributed by atoms with Crippen LogP contribution in [0.2, 0.25) is 0 Å². The summed E-state index contributed by atoms with van der Waals surface area (Å²) in [6.45, 7) is 3.04. The van der Waals surface area contributed by atoms with Gasteiger partial charge in [-0.1, -0.05) is 54.1 Å². The zero-order chi connectivity index (χ0) is 17.1. The molecule has 1 aliphatic carbocycles. The Hall–Kier alpha value is -2.13. The molecule has 0 bridgehead atoms. The molecular weight excluding hydrogens is 298 g/mol. The van der Waals surface area contributed by atoms with Crippen LogP contribution in [0.15, 0.2) is 48.5 Å². The third-order valence-electron chi connectivity index (χ3n) is 5.00. The largest absolute Gasteiger partial charge is 0.480 e. The predicted octanol–water partition coefficient (Wildman–Crippen LogP) is 3.71. The lowest BCUT2D eigenvalue weighted by Gasteiger charge is -2.36. The van der Waals surface area contributed by atoms with E-state index in [9.17, 15) is 4.79 Å². The number of fused-ring (bicyclic) bond motifs is 1. The van der Waals surface area contributed by atoms with E-state index in [2.05, 4.69) is 49.4 Å².